The zero-order valence-electron chi connectivity index (χ0n) is 13.4. The van der Waals surface area contributed by atoms with Crippen molar-refractivity contribution in [2.24, 2.45) is 0 Å². The highest BCUT2D eigenvalue weighted by molar-refractivity contribution is 5.78. The predicted molar refractivity (Wildman–Crippen MR) is 86.3 cm³/mol. The molecule has 1 aliphatic heterocycles. The van der Waals surface area contributed by atoms with E-state index in [-0.39, 0.29) is 17.9 Å². The quantitative estimate of drug-likeness (QED) is 0.915. The molecule has 2 amide bonds. The maximum Gasteiger partial charge on any atom is 0.234 e. The van der Waals surface area contributed by atoms with E-state index >= 15 is 0 Å². The summed E-state index contributed by atoms with van der Waals surface area (Å²) in [6.45, 7) is 7.09. The van der Waals surface area contributed by atoms with E-state index in [1.807, 2.05) is 42.2 Å². The van der Waals surface area contributed by atoms with Gasteiger partial charge in [-0.25, -0.2) is 0 Å². The summed E-state index contributed by atoms with van der Waals surface area (Å²) in [6, 6.07) is 9.96. The van der Waals surface area contributed by atoms with Crippen molar-refractivity contribution >= 4 is 11.8 Å². The highest BCUT2D eigenvalue weighted by atomic mass is 16.2. The first-order chi connectivity index (χ1) is 10.6. The van der Waals surface area contributed by atoms with Gasteiger partial charge in [-0.05, 0) is 18.9 Å². The van der Waals surface area contributed by atoms with E-state index in [0.717, 1.165) is 31.6 Å². The molecule has 2 rings (SSSR count). The average molecular weight is 303 g/mol. The number of benzene rings is 1. The Bertz CT molecular complexity index is 504. The Morgan fingerprint density at radius 2 is 1.86 bits per heavy atom. The van der Waals surface area contributed by atoms with Crippen molar-refractivity contribution in [3.8, 4) is 0 Å². The molecular weight excluding hydrogens is 278 g/mol. The molecule has 120 valence electrons. The van der Waals surface area contributed by atoms with Crippen LogP contribution in [-0.4, -0.2) is 54.3 Å². The van der Waals surface area contributed by atoms with E-state index in [1.54, 1.807) is 6.92 Å². The Balaban J connectivity index is 1.81. The number of rotatable bonds is 4. The fourth-order valence-electron chi connectivity index (χ4n) is 2.76. The SMILES string of the molecule is CC(=O)N1CCCN(CC(=O)NC(C)c2ccccc2)CC1. The van der Waals surface area contributed by atoms with E-state index in [0.29, 0.717) is 13.1 Å². The number of hydrogen-bond donors (Lipinski definition) is 1. The van der Waals surface area contributed by atoms with E-state index in [4.69, 9.17) is 0 Å². The van der Waals surface area contributed by atoms with Crippen molar-refractivity contribution in [3.05, 3.63) is 35.9 Å². The molecule has 0 spiro atoms. The number of carbonyl (C=O) groups excluding carboxylic acids is 2. The van der Waals surface area contributed by atoms with Crippen LogP contribution >= 0.6 is 0 Å². The zero-order valence-corrected chi connectivity index (χ0v) is 13.4. The highest BCUT2D eigenvalue weighted by Gasteiger charge is 2.19. The molecule has 0 aliphatic carbocycles. The molecule has 22 heavy (non-hydrogen) atoms. The Labute approximate surface area is 132 Å². The fourth-order valence-corrected chi connectivity index (χ4v) is 2.76. The van der Waals surface area contributed by atoms with Gasteiger partial charge in [-0.1, -0.05) is 30.3 Å². The summed E-state index contributed by atoms with van der Waals surface area (Å²) in [6.07, 6.45) is 0.918. The van der Waals surface area contributed by atoms with Gasteiger partial charge in [0, 0.05) is 33.1 Å². The van der Waals surface area contributed by atoms with Gasteiger partial charge in [-0.3, -0.25) is 14.5 Å². The molecule has 0 bridgehead atoms. The molecule has 1 unspecified atom stereocenters. The summed E-state index contributed by atoms with van der Waals surface area (Å²) in [7, 11) is 0. The van der Waals surface area contributed by atoms with Gasteiger partial charge in [-0.15, -0.1) is 0 Å². The lowest BCUT2D eigenvalue weighted by Crippen LogP contribution is -2.40. The van der Waals surface area contributed by atoms with Crippen LogP contribution in [0.1, 0.15) is 31.9 Å². The zero-order chi connectivity index (χ0) is 15.9. The summed E-state index contributed by atoms with van der Waals surface area (Å²) >= 11 is 0. The van der Waals surface area contributed by atoms with Crippen LogP contribution in [0.5, 0.6) is 0 Å². The molecule has 0 saturated carbocycles. The van der Waals surface area contributed by atoms with Crippen LogP contribution in [0.3, 0.4) is 0 Å². The number of nitrogens with zero attached hydrogens (tertiary/aromatic N) is 2. The summed E-state index contributed by atoms with van der Waals surface area (Å²) in [5.41, 5.74) is 1.11. The number of carbonyl (C=O) groups is 2. The van der Waals surface area contributed by atoms with Gasteiger partial charge in [0.2, 0.25) is 11.8 Å². The van der Waals surface area contributed by atoms with Crippen LogP contribution < -0.4 is 5.32 Å². The summed E-state index contributed by atoms with van der Waals surface area (Å²) in [5, 5.41) is 3.04. The third-order valence-corrected chi connectivity index (χ3v) is 4.08. The van der Waals surface area contributed by atoms with Crippen LogP contribution in [0.15, 0.2) is 30.3 Å². The molecule has 1 aromatic carbocycles. The van der Waals surface area contributed by atoms with Gasteiger partial charge in [0.1, 0.15) is 0 Å². The van der Waals surface area contributed by atoms with Crippen molar-refractivity contribution in [1.29, 1.82) is 0 Å². The molecule has 1 heterocycles. The fraction of sp³-hybridized carbons (Fsp3) is 0.529. The first-order valence-electron chi connectivity index (χ1n) is 7.88. The van der Waals surface area contributed by atoms with Crippen molar-refractivity contribution in [2.45, 2.75) is 26.3 Å². The molecule has 1 saturated heterocycles. The lowest BCUT2D eigenvalue weighted by atomic mass is 10.1. The number of nitrogens with one attached hydrogen (secondary N) is 1. The average Bonchev–Trinajstić information content (AvgIpc) is 2.73. The van der Waals surface area contributed by atoms with Gasteiger partial charge >= 0.3 is 0 Å². The molecule has 0 aromatic heterocycles. The minimum absolute atomic E-state index is 0.00870. The van der Waals surface area contributed by atoms with Crippen LogP contribution in [-0.2, 0) is 9.59 Å². The molecule has 5 nitrogen and oxygen atoms in total. The molecule has 1 N–H and O–H groups in total. The monoisotopic (exact) mass is 303 g/mol. The normalized spacial score (nSPS) is 17.6. The maximum atomic E-state index is 12.2. The lowest BCUT2D eigenvalue weighted by molar-refractivity contribution is -0.128. The second-order valence-electron chi connectivity index (χ2n) is 5.84. The standard InChI is InChI=1S/C17H25N3O2/c1-14(16-7-4-3-5-8-16)18-17(22)13-19-9-6-10-20(12-11-19)15(2)21/h3-5,7-8,14H,6,9-13H2,1-2H3,(H,18,22). The van der Waals surface area contributed by atoms with Gasteiger partial charge in [-0.2, -0.15) is 0 Å². The van der Waals surface area contributed by atoms with Crippen LogP contribution in [0.2, 0.25) is 0 Å². The second-order valence-corrected chi connectivity index (χ2v) is 5.84. The van der Waals surface area contributed by atoms with Gasteiger partial charge < -0.3 is 10.2 Å². The van der Waals surface area contributed by atoms with E-state index in [2.05, 4.69) is 10.2 Å². The first-order valence-corrected chi connectivity index (χ1v) is 7.88. The van der Waals surface area contributed by atoms with E-state index < -0.39 is 0 Å². The minimum Gasteiger partial charge on any atom is -0.348 e. The highest BCUT2D eigenvalue weighted by Crippen LogP contribution is 2.11. The topological polar surface area (TPSA) is 52.7 Å². The molecular formula is C17H25N3O2. The molecule has 1 aromatic rings. The summed E-state index contributed by atoms with van der Waals surface area (Å²) in [5.74, 6) is 0.150. The molecule has 5 heteroatoms. The molecule has 1 aliphatic rings. The Kier molecular flexibility index (Phi) is 5.95. The molecule has 1 atom stereocenters. The Morgan fingerprint density at radius 1 is 1.14 bits per heavy atom. The smallest absolute Gasteiger partial charge is 0.234 e. The summed E-state index contributed by atoms with van der Waals surface area (Å²) in [4.78, 5) is 27.6. The van der Waals surface area contributed by atoms with Gasteiger partial charge in [0.25, 0.3) is 0 Å². The van der Waals surface area contributed by atoms with Gasteiger partial charge in [0.05, 0.1) is 12.6 Å². The van der Waals surface area contributed by atoms with Crippen molar-refractivity contribution in [2.75, 3.05) is 32.7 Å². The van der Waals surface area contributed by atoms with Crippen molar-refractivity contribution in [3.63, 3.8) is 0 Å². The first kappa shape index (κ1) is 16.5. The van der Waals surface area contributed by atoms with E-state index in [9.17, 15) is 9.59 Å². The Hall–Kier alpha value is -1.88. The number of hydrogen-bond acceptors (Lipinski definition) is 3. The number of amides is 2. The molecule has 0 radical (unpaired) electrons. The predicted octanol–water partition coefficient (Wildman–Crippen LogP) is 1.42. The van der Waals surface area contributed by atoms with Crippen molar-refractivity contribution < 1.29 is 9.59 Å². The van der Waals surface area contributed by atoms with Gasteiger partial charge in [0.15, 0.2) is 0 Å². The minimum atomic E-state index is 0.00870. The lowest BCUT2D eigenvalue weighted by Gasteiger charge is -2.22. The molecule has 1 fully saturated rings. The van der Waals surface area contributed by atoms with Crippen LogP contribution in [0, 0.1) is 0 Å². The largest absolute Gasteiger partial charge is 0.348 e. The third-order valence-electron chi connectivity index (χ3n) is 4.08. The maximum absolute atomic E-state index is 12.2. The Morgan fingerprint density at radius 3 is 2.55 bits per heavy atom. The van der Waals surface area contributed by atoms with Crippen LogP contribution in [0.4, 0.5) is 0 Å². The van der Waals surface area contributed by atoms with E-state index in [1.165, 1.54) is 0 Å². The van der Waals surface area contributed by atoms with Crippen molar-refractivity contribution in [1.82, 2.24) is 15.1 Å². The second kappa shape index (κ2) is 7.94. The third kappa shape index (κ3) is 4.84. The summed E-state index contributed by atoms with van der Waals surface area (Å²) < 4.78 is 0. The van der Waals surface area contributed by atoms with Crippen LogP contribution in [0.25, 0.3) is 0 Å².